The molecule has 1 aliphatic heterocycles. The van der Waals surface area contributed by atoms with E-state index in [0.717, 1.165) is 37.7 Å². The molecule has 0 aromatic heterocycles. The maximum Gasteiger partial charge on any atom is 0.255 e. The summed E-state index contributed by atoms with van der Waals surface area (Å²) in [5.74, 6) is 0.874. The Morgan fingerprint density at radius 3 is 2.59 bits per heavy atom. The Morgan fingerprint density at radius 1 is 1.19 bits per heavy atom. The molecule has 142 valence electrons. The number of carbonyl (C=O) groups excluding carboxylic acids is 1. The number of hydrogen-bond donors (Lipinski definition) is 1. The van der Waals surface area contributed by atoms with Crippen LogP contribution in [-0.4, -0.2) is 45.9 Å². The van der Waals surface area contributed by atoms with Crippen molar-refractivity contribution >= 4 is 17.3 Å². The number of anilines is 2. The van der Waals surface area contributed by atoms with Crippen LogP contribution in [0.5, 0.6) is 11.5 Å². The van der Waals surface area contributed by atoms with E-state index in [2.05, 4.69) is 16.8 Å². The molecule has 0 atom stereocenters. The van der Waals surface area contributed by atoms with Gasteiger partial charge in [-0.3, -0.25) is 4.79 Å². The van der Waals surface area contributed by atoms with Crippen molar-refractivity contribution in [1.29, 1.82) is 0 Å². The number of rotatable bonds is 7. The van der Waals surface area contributed by atoms with Gasteiger partial charge < -0.3 is 24.4 Å². The molecule has 0 saturated carbocycles. The van der Waals surface area contributed by atoms with Gasteiger partial charge in [0, 0.05) is 30.0 Å². The van der Waals surface area contributed by atoms with Crippen molar-refractivity contribution in [2.75, 3.05) is 50.2 Å². The zero-order valence-corrected chi connectivity index (χ0v) is 15.4. The predicted octanol–water partition coefficient (Wildman–Crippen LogP) is 3.35. The summed E-state index contributed by atoms with van der Waals surface area (Å²) in [7, 11) is 1.54. The molecule has 0 bridgehead atoms. The Labute approximate surface area is 159 Å². The minimum absolute atomic E-state index is 0.206. The lowest BCUT2D eigenvalue weighted by molar-refractivity contribution is 0.102. The molecule has 1 aliphatic rings. The van der Waals surface area contributed by atoms with Gasteiger partial charge in [0.25, 0.3) is 5.91 Å². The van der Waals surface area contributed by atoms with Crippen LogP contribution < -0.4 is 19.7 Å². The van der Waals surface area contributed by atoms with Crippen LogP contribution in [0.2, 0.25) is 0 Å². The molecule has 0 aliphatic carbocycles. The summed E-state index contributed by atoms with van der Waals surface area (Å²) >= 11 is 0. The van der Waals surface area contributed by atoms with Gasteiger partial charge in [-0.1, -0.05) is 12.7 Å². The average molecular weight is 368 g/mol. The second-order valence-electron chi connectivity index (χ2n) is 6.07. The van der Waals surface area contributed by atoms with E-state index in [-0.39, 0.29) is 5.91 Å². The lowest BCUT2D eigenvalue weighted by Gasteiger charge is -2.28. The first kappa shape index (κ1) is 18.8. The highest BCUT2D eigenvalue weighted by atomic mass is 16.5. The number of benzene rings is 2. The Bertz CT molecular complexity index is 783. The van der Waals surface area contributed by atoms with E-state index in [9.17, 15) is 4.79 Å². The van der Waals surface area contributed by atoms with Crippen LogP contribution in [0, 0.1) is 0 Å². The number of carbonyl (C=O) groups is 1. The normalized spacial score (nSPS) is 13.7. The van der Waals surface area contributed by atoms with Crippen LogP contribution in [-0.2, 0) is 4.74 Å². The lowest BCUT2D eigenvalue weighted by atomic mass is 10.1. The number of amides is 1. The van der Waals surface area contributed by atoms with Crippen molar-refractivity contribution in [2.24, 2.45) is 0 Å². The molecule has 0 radical (unpaired) electrons. The van der Waals surface area contributed by atoms with Crippen LogP contribution in [0.25, 0.3) is 0 Å². The summed E-state index contributed by atoms with van der Waals surface area (Å²) in [5, 5.41) is 2.91. The monoisotopic (exact) mass is 368 g/mol. The summed E-state index contributed by atoms with van der Waals surface area (Å²) in [6.45, 7) is 7.24. The van der Waals surface area contributed by atoms with Crippen molar-refractivity contribution in [3.05, 3.63) is 60.7 Å². The Morgan fingerprint density at radius 2 is 1.93 bits per heavy atom. The average Bonchev–Trinajstić information content (AvgIpc) is 2.73. The van der Waals surface area contributed by atoms with Crippen molar-refractivity contribution in [3.63, 3.8) is 0 Å². The largest absolute Gasteiger partial charge is 0.493 e. The van der Waals surface area contributed by atoms with Gasteiger partial charge in [-0.25, -0.2) is 0 Å². The molecule has 1 amide bonds. The molecule has 0 spiro atoms. The molecule has 0 unspecified atom stereocenters. The number of morpholine rings is 1. The Kier molecular flexibility index (Phi) is 6.33. The van der Waals surface area contributed by atoms with Gasteiger partial charge in [-0.15, -0.1) is 0 Å². The van der Waals surface area contributed by atoms with Crippen LogP contribution in [0.15, 0.2) is 55.1 Å². The highest BCUT2D eigenvalue weighted by molar-refractivity contribution is 6.04. The fourth-order valence-electron chi connectivity index (χ4n) is 2.86. The summed E-state index contributed by atoms with van der Waals surface area (Å²) < 4.78 is 16.2. The first-order valence-corrected chi connectivity index (χ1v) is 8.87. The third-order valence-electron chi connectivity index (χ3n) is 4.28. The number of methoxy groups -OCH3 is 1. The van der Waals surface area contributed by atoms with Crippen molar-refractivity contribution in [3.8, 4) is 11.5 Å². The van der Waals surface area contributed by atoms with Crippen LogP contribution >= 0.6 is 0 Å². The van der Waals surface area contributed by atoms with Gasteiger partial charge in [-0.2, -0.15) is 0 Å². The van der Waals surface area contributed by atoms with E-state index in [1.54, 1.807) is 31.4 Å². The Balaban J connectivity index is 1.66. The molecule has 6 heteroatoms. The lowest BCUT2D eigenvalue weighted by Crippen LogP contribution is -2.36. The molecule has 2 aromatic rings. The number of hydrogen-bond acceptors (Lipinski definition) is 5. The zero-order valence-electron chi connectivity index (χ0n) is 15.4. The second kappa shape index (κ2) is 9.09. The number of nitrogens with one attached hydrogen (secondary N) is 1. The van der Waals surface area contributed by atoms with E-state index in [4.69, 9.17) is 14.2 Å². The molecular weight excluding hydrogens is 344 g/mol. The molecule has 1 heterocycles. The number of ether oxygens (including phenoxy) is 3. The van der Waals surface area contributed by atoms with E-state index in [0.29, 0.717) is 23.7 Å². The molecule has 1 N–H and O–H groups in total. The van der Waals surface area contributed by atoms with Crippen molar-refractivity contribution in [2.45, 2.75) is 0 Å². The smallest absolute Gasteiger partial charge is 0.255 e. The third kappa shape index (κ3) is 4.80. The summed E-state index contributed by atoms with van der Waals surface area (Å²) in [6, 6.07) is 12.9. The quantitative estimate of drug-likeness (QED) is 0.760. The van der Waals surface area contributed by atoms with Gasteiger partial charge in [-0.05, 0) is 42.5 Å². The van der Waals surface area contributed by atoms with Gasteiger partial charge in [0.1, 0.15) is 6.61 Å². The molecule has 6 nitrogen and oxygen atoms in total. The summed E-state index contributed by atoms with van der Waals surface area (Å²) in [4.78, 5) is 14.8. The van der Waals surface area contributed by atoms with Gasteiger partial charge in [0.2, 0.25) is 0 Å². The van der Waals surface area contributed by atoms with Crippen LogP contribution in [0.1, 0.15) is 10.4 Å². The maximum absolute atomic E-state index is 12.5. The van der Waals surface area contributed by atoms with Crippen molar-refractivity contribution < 1.29 is 19.0 Å². The summed E-state index contributed by atoms with van der Waals surface area (Å²) in [6.07, 6.45) is 1.65. The van der Waals surface area contributed by atoms with Crippen LogP contribution in [0.4, 0.5) is 11.4 Å². The predicted molar refractivity (Wildman–Crippen MR) is 106 cm³/mol. The minimum atomic E-state index is -0.206. The maximum atomic E-state index is 12.5. The van der Waals surface area contributed by atoms with Gasteiger partial charge in [0.15, 0.2) is 11.5 Å². The van der Waals surface area contributed by atoms with Gasteiger partial charge >= 0.3 is 0 Å². The molecular formula is C21H24N2O4. The molecule has 1 fully saturated rings. The van der Waals surface area contributed by atoms with E-state index in [1.165, 1.54) is 0 Å². The SMILES string of the molecule is C=CCOc1ccc(C(=O)Nc2ccc(N3CCOCC3)cc2)cc1OC. The Hall–Kier alpha value is -2.99. The molecule has 2 aromatic carbocycles. The fourth-order valence-corrected chi connectivity index (χ4v) is 2.86. The van der Waals surface area contributed by atoms with E-state index < -0.39 is 0 Å². The van der Waals surface area contributed by atoms with Crippen molar-refractivity contribution in [1.82, 2.24) is 0 Å². The van der Waals surface area contributed by atoms with Crippen LogP contribution in [0.3, 0.4) is 0 Å². The fraction of sp³-hybridized carbons (Fsp3) is 0.286. The third-order valence-corrected chi connectivity index (χ3v) is 4.28. The first-order valence-electron chi connectivity index (χ1n) is 8.87. The second-order valence-corrected chi connectivity index (χ2v) is 6.07. The minimum Gasteiger partial charge on any atom is -0.493 e. The first-order chi connectivity index (χ1) is 13.2. The standard InChI is InChI=1S/C21H24N2O4/c1-3-12-27-19-9-4-16(15-20(19)25-2)21(24)22-17-5-7-18(8-6-17)23-10-13-26-14-11-23/h3-9,15H,1,10-14H2,2H3,(H,22,24). The molecule has 27 heavy (non-hydrogen) atoms. The topological polar surface area (TPSA) is 60.0 Å². The number of nitrogens with zero attached hydrogens (tertiary/aromatic N) is 1. The highest BCUT2D eigenvalue weighted by Crippen LogP contribution is 2.28. The highest BCUT2D eigenvalue weighted by Gasteiger charge is 2.13. The zero-order chi connectivity index (χ0) is 19.1. The summed E-state index contributed by atoms with van der Waals surface area (Å²) in [5.41, 5.74) is 2.36. The molecule has 1 saturated heterocycles. The van der Waals surface area contributed by atoms with E-state index in [1.807, 2.05) is 24.3 Å². The van der Waals surface area contributed by atoms with E-state index >= 15 is 0 Å². The molecule has 3 rings (SSSR count). The van der Waals surface area contributed by atoms with Gasteiger partial charge in [0.05, 0.1) is 20.3 Å².